The summed E-state index contributed by atoms with van der Waals surface area (Å²) in [6.45, 7) is 4.80. The molecule has 1 unspecified atom stereocenters. The maximum atomic E-state index is 13.5. The summed E-state index contributed by atoms with van der Waals surface area (Å²) < 4.78 is 6.84. The summed E-state index contributed by atoms with van der Waals surface area (Å²) in [6, 6.07) is 14.3. The Hall–Kier alpha value is -2.34. The number of halogens is 1. The molecular weight excluding hydrogens is 456 g/mol. The Morgan fingerprint density at radius 1 is 1.00 bits per heavy atom. The largest absolute Gasteiger partial charge is 0.460 e. The number of likely N-dealkylation sites (N-methyl/N-ethyl adjacent to an activating group) is 1. The van der Waals surface area contributed by atoms with Crippen molar-refractivity contribution in [1.82, 2.24) is 4.90 Å². The second kappa shape index (κ2) is 8.30. The molecule has 0 aromatic heterocycles. The molecule has 0 bridgehead atoms. The lowest BCUT2D eigenvalue weighted by molar-refractivity contribution is -0.164. The average Bonchev–Trinajstić information content (AvgIpc) is 2.89. The van der Waals surface area contributed by atoms with Gasteiger partial charge < -0.3 is 14.5 Å². The normalized spacial score (nSPS) is 25.3. The molecular formula is C25H27BrN2O3. The first-order chi connectivity index (χ1) is 15.0. The number of hydrogen-bond donors (Lipinski definition) is 0. The van der Waals surface area contributed by atoms with Gasteiger partial charge in [-0.25, -0.2) is 0 Å². The summed E-state index contributed by atoms with van der Waals surface area (Å²) in [5.41, 5.74) is 4.38. The van der Waals surface area contributed by atoms with E-state index in [0.717, 1.165) is 41.7 Å². The Kier molecular flexibility index (Phi) is 5.51. The van der Waals surface area contributed by atoms with Crippen LogP contribution in [0, 0.1) is 11.8 Å². The lowest BCUT2D eigenvalue weighted by Gasteiger charge is -2.42. The highest BCUT2D eigenvalue weighted by Gasteiger charge is 2.43. The van der Waals surface area contributed by atoms with Crippen LogP contribution < -0.4 is 4.90 Å². The van der Waals surface area contributed by atoms with Gasteiger partial charge in [0.25, 0.3) is 5.91 Å². The van der Waals surface area contributed by atoms with Gasteiger partial charge in [0.1, 0.15) is 6.10 Å². The second-order valence-electron chi connectivity index (χ2n) is 8.83. The lowest BCUT2D eigenvalue weighted by atomic mass is 9.70. The maximum Gasteiger partial charge on any atom is 0.306 e. The van der Waals surface area contributed by atoms with Crippen LogP contribution in [0.4, 0.5) is 5.69 Å². The smallest absolute Gasteiger partial charge is 0.306 e. The van der Waals surface area contributed by atoms with E-state index in [9.17, 15) is 9.59 Å². The quantitative estimate of drug-likeness (QED) is 0.618. The lowest BCUT2D eigenvalue weighted by Crippen LogP contribution is -2.50. The molecule has 1 amide bonds. The highest BCUT2D eigenvalue weighted by molar-refractivity contribution is 9.10. The number of amides is 1. The Morgan fingerprint density at radius 2 is 1.74 bits per heavy atom. The van der Waals surface area contributed by atoms with Gasteiger partial charge in [0.2, 0.25) is 0 Å². The van der Waals surface area contributed by atoms with Gasteiger partial charge in [-0.3, -0.25) is 9.59 Å². The summed E-state index contributed by atoms with van der Waals surface area (Å²) >= 11 is 3.54. The van der Waals surface area contributed by atoms with Crippen molar-refractivity contribution >= 4 is 33.5 Å². The number of fused-ring (bicyclic) bond motifs is 3. The van der Waals surface area contributed by atoms with Crippen LogP contribution in [-0.4, -0.2) is 49.1 Å². The number of carbonyl (C=O) groups is 2. The number of benzene rings is 2. The summed E-state index contributed by atoms with van der Waals surface area (Å²) in [4.78, 5) is 30.0. The first-order valence-electron chi connectivity index (χ1n) is 11.1. The molecule has 3 atom stereocenters. The van der Waals surface area contributed by atoms with Crippen molar-refractivity contribution in [2.75, 3.05) is 31.1 Å². The molecule has 5 rings (SSSR count). The van der Waals surface area contributed by atoms with Gasteiger partial charge in [-0.15, -0.1) is 0 Å². The van der Waals surface area contributed by atoms with Crippen LogP contribution in [0.25, 0.3) is 0 Å². The predicted molar refractivity (Wildman–Crippen MR) is 123 cm³/mol. The van der Waals surface area contributed by atoms with Crippen LogP contribution in [0.1, 0.15) is 34.8 Å². The topological polar surface area (TPSA) is 49.9 Å². The number of ether oxygens (including phenoxy) is 1. The Balaban J connectivity index is 1.41. The Bertz CT molecular complexity index is 1020. The van der Waals surface area contributed by atoms with E-state index in [0.29, 0.717) is 25.4 Å². The van der Waals surface area contributed by atoms with E-state index in [1.54, 1.807) is 0 Å². The van der Waals surface area contributed by atoms with Gasteiger partial charge in [-0.2, -0.15) is 0 Å². The zero-order valence-electron chi connectivity index (χ0n) is 17.7. The van der Waals surface area contributed by atoms with Crippen LogP contribution in [0.5, 0.6) is 0 Å². The Morgan fingerprint density at radius 3 is 2.52 bits per heavy atom. The highest BCUT2D eigenvalue weighted by atomic mass is 79.9. The fraction of sp³-hybridized carbons (Fsp3) is 0.440. The molecule has 5 nitrogen and oxygen atoms in total. The summed E-state index contributed by atoms with van der Waals surface area (Å²) in [5, 5.41) is 0. The van der Waals surface area contributed by atoms with E-state index >= 15 is 0 Å². The van der Waals surface area contributed by atoms with E-state index in [2.05, 4.69) is 52.0 Å². The molecule has 31 heavy (non-hydrogen) atoms. The third kappa shape index (κ3) is 3.86. The summed E-state index contributed by atoms with van der Waals surface area (Å²) in [5.74, 6) is 0.439. The molecule has 1 saturated heterocycles. The van der Waals surface area contributed by atoms with Gasteiger partial charge in [-0.1, -0.05) is 40.2 Å². The van der Waals surface area contributed by atoms with Gasteiger partial charge in [0.05, 0.1) is 17.8 Å². The number of esters is 1. The molecule has 2 heterocycles. The van der Waals surface area contributed by atoms with Gasteiger partial charge >= 0.3 is 5.97 Å². The molecule has 0 radical (unpaired) electrons. The molecule has 6 heteroatoms. The predicted octanol–water partition coefficient (Wildman–Crippen LogP) is 4.08. The van der Waals surface area contributed by atoms with Crippen LogP contribution >= 0.6 is 15.9 Å². The van der Waals surface area contributed by atoms with E-state index in [-0.39, 0.29) is 23.9 Å². The average molecular weight is 483 g/mol. The zero-order chi connectivity index (χ0) is 21.5. The molecule has 2 aliphatic heterocycles. The molecule has 0 spiro atoms. The van der Waals surface area contributed by atoms with Crippen molar-refractivity contribution in [3.8, 4) is 0 Å². The summed E-state index contributed by atoms with van der Waals surface area (Å²) in [7, 11) is 0. The van der Waals surface area contributed by atoms with Crippen molar-refractivity contribution < 1.29 is 14.3 Å². The molecule has 2 aromatic carbocycles. The van der Waals surface area contributed by atoms with Crippen LogP contribution in [-0.2, 0) is 22.4 Å². The van der Waals surface area contributed by atoms with Gasteiger partial charge in [0.15, 0.2) is 0 Å². The van der Waals surface area contributed by atoms with Crippen LogP contribution in [0.15, 0.2) is 46.9 Å². The highest BCUT2D eigenvalue weighted by Crippen LogP contribution is 2.39. The van der Waals surface area contributed by atoms with Crippen molar-refractivity contribution in [2.24, 2.45) is 11.8 Å². The maximum absolute atomic E-state index is 13.5. The minimum atomic E-state index is -0.254. The van der Waals surface area contributed by atoms with Gasteiger partial charge in [0, 0.05) is 36.4 Å². The molecule has 1 fully saturated rings. The Labute approximate surface area is 191 Å². The molecule has 2 aromatic rings. The third-order valence-corrected chi connectivity index (χ3v) is 7.58. The molecule has 1 aliphatic carbocycles. The minimum Gasteiger partial charge on any atom is -0.460 e. The van der Waals surface area contributed by atoms with Crippen LogP contribution in [0.3, 0.4) is 0 Å². The number of carbonyl (C=O) groups excluding carboxylic acids is 2. The van der Waals surface area contributed by atoms with Crippen molar-refractivity contribution in [1.29, 1.82) is 0 Å². The van der Waals surface area contributed by atoms with E-state index in [1.807, 2.05) is 23.1 Å². The van der Waals surface area contributed by atoms with E-state index in [4.69, 9.17) is 4.74 Å². The first kappa shape index (κ1) is 20.6. The minimum absolute atomic E-state index is 0.0211. The standard InChI is InChI=1S/C25H27BrN2O3/c1-2-27-9-10-28(25(30)20-8-7-19(26)14-22(20)27)15-23-21-12-17-6-4-3-5-16(17)11-18(21)13-24(29)31-23/h3-8,14,18,21,23H,2,9-13,15H2,1H3/t18?,21-,23-/m1/s1. The number of anilines is 1. The number of hydrogen-bond acceptors (Lipinski definition) is 4. The SMILES string of the molecule is CCN1CCN(C[C@H]2OC(=O)CC3Cc4ccccc4C[C@H]32)C(=O)c2ccc(Br)cc21. The molecule has 0 N–H and O–H groups in total. The molecule has 3 aliphatic rings. The number of nitrogens with zero attached hydrogens (tertiary/aromatic N) is 2. The van der Waals surface area contributed by atoms with Crippen LogP contribution in [0.2, 0.25) is 0 Å². The fourth-order valence-electron chi connectivity index (χ4n) is 5.46. The van der Waals surface area contributed by atoms with E-state index < -0.39 is 0 Å². The van der Waals surface area contributed by atoms with E-state index in [1.165, 1.54) is 11.1 Å². The second-order valence-corrected chi connectivity index (χ2v) is 9.74. The fourth-order valence-corrected chi connectivity index (χ4v) is 5.81. The number of cyclic esters (lactones) is 1. The first-order valence-corrected chi connectivity index (χ1v) is 11.9. The third-order valence-electron chi connectivity index (χ3n) is 7.09. The molecule has 0 saturated carbocycles. The zero-order valence-corrected chi connectivity index (χ0v) is 19.3. The van der Waals surface area contributed by atoms with Crippen molar-refractivity contribution in [2.45, 2.75) is 32.3 Å². The monoisotopic (exact) mass is 482 g/mol. The van der Waals surface area contributed by atoms with Gasteiger partial charge in [-0.05, 0) is 55.0 Å². The summed E-state index contributed by atoms with van der Waals surface area (Å²) in [6.07, 6.45) is 2.05. The molecule has 162 valence electrons. The van der Waals surface area contributed by atoms with Crippen molar-refractivity contribution in [3.63, 3.8) is 0 Å². The number of rotatable bonds is 3. The van der Waals surface area contributed by atoms with Crippen molar-refractivity contribution in [3.05, 3.63) is 63.6 Å².